The van der Waals surface area contributed by atoms with Gasteiger partial charge in [0.15, 0.2) is 5.78 Å². The normalized spacial score (nSPS) is 11.1. The predicted octanol–water partition coefficient (Wildman–Crippen LogP) is 1.06. The third kappa shape index (κ3) is 3.47. The third-order valence-electron chi connectivity index (χ3n) is 1.76. The number of carbonyl (C=O) groups is 1. The molecule has 0 saturated carbocycles. The number of ether oxygens (including phenoxy) is 1. The molecule has 0 unspecified atom stereocenters. The van der Waals surface area contributed by atoms with E-state index >= 15 is 0 Å². The molecular formula is C9H11O5P. The largest absolute Gasteiger partial charge is 0.496 e. The molecule has 5 nitrogen and oxygen atoms in total. The maximum atomic E-state index is 11.5. The standard InChI is InChI=1S/C9H11O5P/c1-14-9-5-3-2-4-7(9)8(10)6-15(11,12)13/h2-5H,6H2,1H3,(H2,11,12,13). The maximum Gasteiger partial charge on any atom is 0.333 e. The van der Waals surface area contributed by atoms with Crippen molar-refractivity contribution < 1.29 is 23.9 Å². The summed E-state index contributed by atoms with van der Waals surface area (Å²) in [6.07, 6.45) is -0.798. The Bertz CT molecular complexity index is 409. The lowest BCUT2D eigenvalue weighted by atomic mass is 10.1. The van der Waals surface area contributed by atoms with Crippen LogP contribution in [0.4, 0.5) is 0 Å². The van der Waals surface area contributed by atoms with Crippen molar-refractivity contribution in [3.8, 4) is 5.75 Å². The van der Waals surface area contributed by atoms with E-state index in [1.807, 2.05) is 0 Å². The van der Waals surface area contributed by atoms with Gasteiger partial charge in [0.1, 0.15) is 11.9 Å². The van der Waals surface area contributed by atoms with E-state index in [9.17, 15) is 9.36 Å². The fraction of sp³-hybridized carbons (Fsp3) is 0.222. The van der Waals surface area contributed by atoms with Crippen LogP contribution in [0.15, 0.2) is 24.3 Å². The second-order valence-corrected chi connectivity index (χ2v) is 4.59. The van der Waals surface area contributed by atoms with E-state index in [4.69, 9.17) is 14.5 Å². The van der Waals surface area contributed by atoms with Crippen LogP contribution >= 0.6 is 7.60 Å². The molecule has 0 bridgehead atoms. The fourth-order valence-corrected chi connectivity index (χ4v) is 1.69. The van der Waals surface area contributed by atoms with E-state index in [2.05, 4.69) is 0 Å². The fourth-order valence-electron chi connectivity index (χ4n) is 1.15. The SMILES string of the molecule is COc1ccccc1C(=O)CP(=O)(O)O. The van der Waals surface area contributed by atoms with Gasteiger partial charge in [-0.15, -0.1) is 0 Å². The number of ketones is 1. The summed E-state index contributed by atoms with van der Waals surface area (Å²) in [4.78, 5) is 28.8. The molecule has 0 aliphatic carbocycles. The number of benzene rings is 1. The van der Waals surface area contributed by atoms with Crippen LogP contribution < -0.4 is 4.74 Å². The average Bonchev–Trinajstić information content (AvgIpc) is 2.15. The number of hydrogen-bond acceptors (Lipinski definition) is 3. The van der Waals surface area contributed by atoms with Crippen molar-refractivity contribution in [2.45, 2.75) is 0 Å². The van der Waals surface area contributed by atoms with E-state index in [0.717, 1.165) is 0 Å². The Balaban J connectivity index is 2.96. The van der Waals surface area contributed by atoms with E-state index in [0.29, 0.717) is 5.75 Å². The summed E-state index contributed by atoms with van der Waals surface area (Å²) >= 11 is 0. The number of rotatable bonds is 4. The quantitative estimate of drug-likeness (QED) is 0.596. The molecule has 6 heteroatoms. The van der Waals surface area contributed by atoms with Gasteiger partial charge >= 0.3 is 7.60 Å². The molecule has 1 rings (SSSR count). The molecule has 82 valence electrons. The monoisotopic (exact) mass is 230 g/mol. The van der Waals surface area contributed by atoms with E-state index in [-0.39, 0.29) is 5.56 Å². The van der Waals surface area contributed by atoms with Crippen LogP contribution in [0.5, 0.6) is 5.75 Å². The molecule has 0 heterocycles. The summed E-state index contributed by atoms with van der Waals surface area (Å²) < 4.78 is 15.6. The molecule has 0 radical (unpaired) electrons. The van der Waals surface area contributed by atoms with Gasteiger partial charge in [-0.05, 0) is 12.1 Å². The van der Waals surface area contributed by atoms with E-state index in [1.54, 1.807) is 18.2 Å². The second kappa shape index (κ2) is 4.57. The molecule has 0 amide bonds. The first-order valence-corrected chi connectivity index (χ1v) is 5.94. The lowest BCUT2D eigenvalue weighted by Crippen LogP contribution is -2.07. The first kappa shape index (κ1) is 11.9. The zero-order valence-electron chi connectivity index (χ0n) is 8.08. The zero-order chi connectivity index (χ0) is 11.5. The van der Waals surface area contributed by atoms with Gasteiger partial charge in [0.25, 0.3) is 0 Å². The molecule has 0 aliphatic rings. The van der Waals surface area contributed by atoms with Gasteiger partial charge in [-0.25, -0.2) is 0 Å². The first-order valence-electron chi connectivity index (χ1n) is 4.15. The van der Waals surface area contributed by atoms with Crippen molar-refractivity contribution >= 4 is 13.4 Å². The number of carbonyl (C=O) groups excluding carboxylic acids is 1. The Morgan fingerprint density at radius 2 is 2.00 bits per heavy atom. The second-order valence-electron chi connectivity index (χ2n) is 2.95. The van der Waals surface area contributed by atoms with Crippen LogP contribution in [-0.4, -0.2) is 28.8 Å². The summed E-state index contributed by atoms with van der Waals surface area (Å²) in [7, 11) is -2.93. The number of methoxy groups -OCH3 is 1. The van der Waals surface area contributed by atoms with Gasteiger partial charge in [-0.3, -0.25) is 9.36 Å². The predicted molar refractivity (Wildman–Crippen MR) is 54.2 cm³/mol. The molecular weight excluding hydrogens is 219 g/mol. The van der Waals surface area contributed by atoms with E-state index in [1.165, 1.54) is 13.2 Å². The van der Waals surface area contributed by atoms with Gasteiger partial charge in [0, 0.05) is 0 Å². The smallest absolute Gasteiger partial charge is 0.333 e. The Kier molecular flexibility index (Phi) is 3.63. The van der Waals surface area contributed by atoms with Crippen LogP contribution in [0.3, 0.4) is 0 Å². The lowest BCUT2D eigenvalue weighted by molar-refractivity contribution is 0.101. The average molecular weight is 230 g/mol. The van der Waals surface area contributed by atoms with Gasteiger partial charge in [-0.1, -0.05) is 12.1 Å². The van der Waals surface area contributed by atoms with Gasteiger partial charge in [0.2, 0.25) is 0 Å². The molecule has 1 aromatic rings. The van der Waals surface area contributed by atoms with Crippen molar-refractivity contribution in [3.05, 3.63) is 29.8 Å². The van der Waals surface area contributed by atoms with Crippen molar-refractivity contribution in [1.82, 2.24) is 0 Å². The maximum absolute atomic E-state index is 11.5. The molecule has 0 atom stereocenters. The Morgan fingerprint density at radius 1 is 1.40 bits per heavy atom. The highest BCUT2D eigenvalue weighted by Crippen LogP contribution is 2.35. The van der Waals surface area contributed by atoms with Crippen LogP contribution in [0.2, 0.25) is 0 Å². The van der Waals surface area contributed by atoms with Crippen molar-refractivity contribution in [2.24, 2.45) is 0 Å². The number of Topliss-reactive ketones (excluding diaryl/α,β-unsaturated/α-hetero) is 1. The minimum atomic E-state index is -4.32. The number of hydrogen-bond donors (Lipinski definition) is 2. The Morgan fingerprint density at radius 3 is 2.53 bits per heavy atom. The highest BCUT2D eigenvalue weighted by atomic mass is 31.2. The van der Waals surface area contributed by atoms with Crippen molar-refractivity contribution in [3.63, 3.8) is 0 Å². The molecule has 15 heavy (non-hydrogen) atoms. The molecule has 0 fully saturated rings. The molecule has 0 aliphatic heterocycles. The lowest BCUT2D eigenvalue weighted by Gasteiger charge is -2.07. The van der Waals surface area contributed by atoms with Crippen molar-refractivity contribution in [1.29, 1.82) is 0 Å². The van der Waals surface area contributed by atoms with Crippen LogP contribution in [0.25, 0.3) is 0 Å². The highest BCUT2D eigenvalue weighted by Gasteiger charge is 2.22. The summed E-state index contributed by atoms with van der Waals surface area (Å²) in [5, 5.41) is 0. The van der Waals surface area contributed by atoms with Crippen LogP contribution in [0.1, 0.15) is 10.4 Å². The summed E-state index contributed by atoms with van der Waals surface area (Å²) in [6.45, 7) is 0. The highest BCUT2D eigenvalue weighted by molar-refractivity contribution is 7.52. The van der Waals surface area contributed by atoms with Crippen LogP contribution in [0, 0.1) is 0 Å². The van der Waals surface area contributed by atoms with Crippen LogP contribution in [-0.2, 0) is 4.57 Å². The number of para-hydroxylation sites is 1. The summed E-state index contributed by atoms with van der Waals surface area (Å²) in [5.74, 6) is -0.309. The minimum absolute atomic E-state index is 0.184. The van der Waals surface area contributed by atoms with E-state index < -0.39 is 19.5 Å². The molecule has 0 saturated heterocycles. The Labute approximate surface area is 86.9 Å². The molecule has 1 aromatic carbocycles. The van der Waals surface area contributed by atoms with Gasteiger partial charge < -0.3 is 14.5 Å². The third-order valence-corrected chi connectivity index (χ3v) is 2.46. The van der Waals surface area contributed by atoms with Gasteiger partial charge in [-0.2, -0.15) is 0 Å². The first-order chi connectivity index (χ1) is 6.94. The van der Waals surface area contributed by atoms with Gasteiger partial charge in [0.05, 0.1) is 12.7 Å². The Hall–Kier alpha value is -1.16. The molecule has 0 aromatic heterocycles. The summed E-state index contributed by atoms with van der Waals surface area (Å²) in [6, 6.07) is 6.31. The summed E-state index contributed by atoms with van der Waals surface area (Å²) in [5.41, 5.74) is 0.184. The topological polar surface area (TPSA) is 83.8 Å². The molecule has 2 N–H and O–H groups in total. The van der Waals surface area contributed by atoms with Crippen molar-refractivity contribution in [2.75, 3.05) is 13.3 Å². The zero-order valence-corrected chi connectivity index (χ0v) is 8.98. The molecule has 0 spiro atoms. The minimum Gasteiger partial charge on any atom is -0.496 e.